The molecule has 1 aromatic rings. The van der Waals surface area contributed by atoms with E-state index in [0.29, 0.717) is 18.7 Å². The fraction of sp³-hybridized carbons (Fsp3) is 0.579. The van der Waals surface area contributed by atoms with Gasteiger partial charge in [0.1, 0.15) is 5.75 Å². The van der Waals surface area contributed by atoms with Gasteiger partial charge < -0.3 is 4.74 Å². The van der Waals surface area contributed by atoms with E-state index in [1.165, 1.54) is 11.3 Å². The summed E-state index contributed by atoms with van der Waals surface area (Å²) in [5, 5.41) is 0. The number of hydrogen-bond donors (Lipinski definition) is 0. The van der Waals surface area contributed by atoms with Gasteiger partial charge in [0.25, 0.3) is 5.91 Å². The van der Waals surface area contributed by atoms with Gasteiger partial charge >= 0.3 is 0 Å². The summed E-state index contributed by atoms with van der Waals surface area (Å²) >= 11 is 0. The number of carbonyl (C=O) groups is 2. The van der Waals surface area contributed by atoms with Gasteiger partial charge in [-0.25, -0.2) is 4.90 Å². The first-order chi connectivity index (χ1) is 11.7. The molecule has 2 aliphatic rings. The lowest BCUT2D eigenvalue weighted by atomic mass is 10.1. The van der Waals surface area contributed by atoms with Gasteiger partial charge in [-0.05, 0) is 56.6 Å². The number of hydrogen-bond acceptors (Lipinski definition) is 4. The second-order valence-corrected chi connectivity index (χ2v) is 6.58. The van der Waals surface area contributed by atoms with Crippen molar-refractivity contribution in [2.45, 2.75) is 51.5 Å². The number of piperidine rings is 1. The minimum absolute atomic E-state index is 0.0819. The van der Waals surface area contributed by atoms with Crippen LogP contribution in [0.4, 0.5) is 5.69 Å². The Labute approximate surface area is 143 Å². The Morgan fingerprint density at radius 3 is 2.46 bits per heavy atom. The Kier molecular flexibility index (Phi) is 5.51. The fourth-order valence-electron chi connectivity index (χ4n) is 3.43. The Balaban J connectivity index is 1.67. The van der Waals surface area contributed by atoms with E-state index in [4.69, 9.17) is 4.74 Å². The first kappa shape index (κ1) is 17.0. The molecule has 0 spiro atoms. The average molecular weight is 330 g/mol. The molecule has 2 saturated heterocycles. The van der Waals surface area contributed by atoms with Gasteiger partial charge in [0, 0.05) is 0 Å². The second kappa shape index (κ2) is 7.79. The molecule has 130 valence electrons. The van der Waals surface area contributed by atoms with Crippen LogP contribution >= 0.6 is 0 Å². The van der Waals surface area contributed by atoms with Crippen molar-refractivity contribution < 1.29 is 14.3 Å². The molecule has 0 bridgehead atoms. The summed E-state index contributed by atoms with van der Waals surface area (Å²) < 4.78 is 5.64. The molecule has 2 amide bonds. The monoisotopic (exact) mass is 330 g/mol. The number of anilines is 1. The van der Waals surface area contributed by atoms with Crippen LogP contribution < -0.4 is 9.64 Å². The molecule has 0 N–H and O–H groups in total. The Morgan fingerprint density at radius 1 is 1.08 bits per heavy atom. The predicted octanol–water partition coefficient (Wildman–Crippen LogP) is 2.98. The minimum atomic E-state index is -0.279. The van der Waals surface area contributed by atoms with Gasteiger partial charge in [0.2, 0.25) is 5.91 Å². The summed E-state index contributed by atoms with van der Waals surface area (Å²) in [6.07, 6.45) is 5.85. The molecule has 2 fully saturated rings. The van der Waals surface area contributed by atoms with Crippen LogP contribution in [0.5, 0.6) is 5.75 Å². The number of likely N-dealkylation sites (tertiary alicyclic amines) is 1. The van der Waals surface area contributed by atoms with Crippen molar-refractivity contribution in [2.75, 3.05) is 24.6 Å². The highest BCUT2D eigenvalue weighted by Crippen LogP contribution is 2.28. The van der Waals surface area contributed by atoms with Gasteiger partial charge in [-0.1, -0.05) is 19.8 Å². The molecular formula is C19H26N2O3. The van der Waals surface area contributed by atoms with Crippen LogP contribution in [-0.2, 0) is 9.59 Å². The van der Waals surface area contributed by atoms with Crippen LogP contribution in [0.3, 0.4) is 0 Å². The maximum absolute atomic E-state index is 12.7. The van der Waals surface area contributed by atoms with Gasteiger partial charge in [-0.3, -0.25) is 14.5 Å². The van der Waals surface area contributed by atoms with Crippen molar-refractivity contribution in [3.8, 4) is 5.75 Å². The number of imide groups is 1. The van der Waals surface area contributed by atoms with Crippen molar-refractivity contribution in [1.29, 1.82) is 0 Å². The molecule has 0 aliphatic carbocycles. The van der Waals surface area contributed by atoms with Crippen LogP contribution in [0.25, 0.3) is 0 Å². The minimum Gasteiger partial charge on any atom is -0.494 e. The number of ether oxygens (including phenoxy) is 1. The van der Waals surface area contributed by atoms with E-state index in [1.54, 1.807) is 12.1 Å². The zero-order chi connectivity index (χ0) is 16.9. The van der Waals surface area contributed by atoms with Crippen LogP contribution in [0.2, 0.25) is 0 Å². The third-order valence-corrected chi connectivity index (χ3v) is 4.82. The van der Waals surface area contributed by atoms with E-state index < -0.39 is 0 Å². The second-order valence-electron chi connectivity index (χ2n) is 6.58. The normalized spacial score (nSPS) is 22.2. The van der Waals surface area contributed by atoms with E-state index >= 15 is 0 Å². The maximum Gasteiger partial charge on any atom is 0.251 e. The van der Waals surface area contributed by atoms with E-state index in [0.717, 1.165) is 44.5 Å². The largest absolute Gasteiger partial charge is 0.494 e. The summed E-state index contributed by atoms with van der Waals surface area (Å²) in [6, 6.07) is 6.99. The Morgan fingerprint density at radius 2 is 1.79 bits per heavy atom. The van der Waals surface area contributed by atoms with Crippen LogP contribution in [0.1, 0.15) is 45.4 Å². The van der Waals surface area contributed by atoms with Crippen LogP contribution in [0, 0.1) is 0 Å². The molecule has 0 saturated carbocycles. The van der Waals surface area contributed by atoms with Crippen molar-refractivity contribution >= 4 is 17.5 Å². The summed E-state index contributed by atoms with van der Waals surface area (Å²) in [5.74, 6) is 0.593. The zero-order valence-electron chi connectivity index (χ0n) is 14.4. The van der Waals surface area contributed by atoms with E-state index in [9.17, 15) is 9.59 Å². The van der Waals surface area contributed by atoms with Crippen LogP contribution in [-0.4, -0.2) is 42.5 Å². The van der Waals surface area contributed by atoms with Crippen molar-refractivity contribution in [3.05, 3.63) is 24.3 Å². The summed E-state index contributed by atoms with van der Waals surface area (Å²) in [7, 11) is 0. The molecule has 1 atom stereocenters. The highest BCUT2D eigenvalue weighted by atomic mass is 16.5. The lowest BCUT2D eigenvalue weighted by Crippen LogP contribution is -2.44. The Bertz CT molecular complexity index is 579. The standard InChI is InChI=1S/C19H26N2O3/c1-2-3-13-24-16-9-7-15(8-10-16)21-18(22)14-17(19(21)23)20-11-5-4-6-12-20/h7-10,17H,2-6,11-14H2,1H3/t17-/m0/s1. The summed E-state index contributed by atoms with van der Waals surface area (Å²) in [6.45, 7) is 4.65. The van der Waals surface area contributed by atoms with Gasteiger partial charge in [-0.15, -0.1) is 0 Å². The maximum atomic E-state index is 12.7. The quantitative estimate of drug-likeness (QED) is 0.594. The van der Waals surface area contributed by atoms with Gasteiger partial charge in [0.15, 0.2) is 0 Å². The smallest absolute Gasteiger partial charge is 0.251 e. The molecule has 5 heteroatoms. The zero-order valence-corrected chi connectivity index (χ0v) is 14.4. The summed E-state index contributed by atoms with van der Waals surface area (Å²) in [5.41, 5.74) is 0.646. The number of unbranched alkanes of at least 4 members (excludes halogenated alkanes) is 1. The fourth-order valence-corrected chi connectivity index (χ4v) is 3.43. The molecular weight excluding hydrogens is 304 g/mol. The molecule has 0 radical (unpaired) electrons. The van der Waals surface area contributed by atoms with Crippen molar-refractivity contribution in [2.24, 2.45) is 0 Å². The highest BCUT2D eigenvalue weighted by Gasteiger charge is 2.42. The molecule has 0 aromatic heterocycles. The van der Waals surface area contributed by atoms with E-state index in [2.05, 4.69) is 11.8 Å². The predicted molar refractivity (Wildman–Crippen MR) is 93.2 cm³/mol. The molecule has 0 unspecified atom stereocenters. The molecule has 2 heterocycles. The lowest BCUT2D eigenvalue weighted by Gasteiger charge is -2.30. The van der Waals surface area contributed by atoms with Crippen molar-refractivity contribution in [1.82, 2.24) is 4.90 Å². The first-order valence-electron chi connectivity index (χ1n) is 9.04. The molecule has 2 aliphatic heterocycles. The van der Waals surface area contributed by atoms with Crippen LogP contribution in [0.15, 0.2) is 24.3 Å². The first-order valence-corrected chi connectivity index (χ1v) is 9.04. The number of amides is 2. The van der Waals surface area contributed by atoms with Gasteiger partial charge in [-0.2, -0.15) is 0 Å². The molecule has 3 rings (SSSR count). The SMILES string of the molecule is CCCCOc1ccc(N2C(=O)C[C@H](N3CCCCC3)C2=O)cc1. The number of benzene rings is 1. The van der Waals surface area contributed by atoms with Crippen molar-refractivity contribution in [3.63, 3.8) is 0 Å². The molecule has 5 nitrogen and oxygen atoms in total. The lowest BCUT2D eigenvalue weighted by molar-refractivity contribution is -0.123. The van der Waals surface area contributed by atoms with E-state index in [-0.39, 0.29) is 17.9 Å². The highest BCUT2D eigenvalue weighted by molar-refractivity contribution is 6.22. The average Bonchev–Trinajstić information content (AvgIpc) is 2.91. The number of nitrogens with zero attached hydrogens (tertiary/aromatic N) is 2. The third-order valence-electron chi connectivity index (χ3n) is 4.82. The van der Waals surface area contributed by atoms with E-state index in [1.807, 2.05) is 12.1 Å². The Hall–Kier alpha value is -1.88. The number of rotatable bonds is 6. The van der Waals surface area contributed by atoms with Gasteiger partial charge in [0.05, 0.1) is 24.8 Å². The molecule has 24 heavy (non-hydrogen) atoms. The topological polar surface area (TPSA) is 49.9 Å². The summed E-state index contributed by atoms with van der Waals surface area (Å²) in [4.78, 5) is 28.6. The number of carbonyl (C=O) groups excluding carboxylic acids is 2. The molecule has 1 aromatic carbocycles. The third kappa shape index (κ3) is 3.61.